The Morgan fingerprint density at radius 1 is 0.973 bits per heavy atom. The molecule has 7 nitrogen and oxygen atoms in total. The fourth-order valence-electron chi connectivity index (χ4n) is 3.72. The van der Waals surface area contributed by atoms with Crippen LogP contribution < -0.4 is 19.7 Å². The standard InChI is InChI=1S/C27H21Br2ClN2O5/c1-3-36-23-13-17(12-21(30)24(23)37-14-16-4-6-18(28)7-5-16)11-20-25(33)31-27(35)32(26(20)34)22-9-8-19(29)10-15(22)2/h4-13H,3,14H2,1-2H3,(H,31,33,35)/b20-11-. The van der Waals surface area contributed by atoms with Crippen molar-refractivity contribution < 1.29 is 23.9 Å². The van der Waals surface area contributed by atoms with E-state index in [2.05, 4.69) is 37.2 Å². The topological polar surface area (TPSA) is 84.9 Å². The zero-order valence-corrected chi connectivity index (χ0v) is 23.7. The number of nitrogens with one attached hydrogen (secondary N) is 1. The maximum absolute atomic E-state index is 13.3. The predicted octanol–water partition coefficient (Wildman–Crippen LogP) is 6.82. The molecule has 0 spiro atoms. The number of urea groups is 1. The van der Waals surface area contributed by atoms with Gasteiger partial charge in [0.05, 0.1) is 17.3 Å². The molecule has 0 aromatic heterocycles. The molecule has 3 aromatic carbocycles. The van der Waals surface area contributed by atoms with Gasteiger partial charge >= 0.3 is 6.03 Å². The molecule has 0 atom stereocenters. The number of rotatable bonds is 7. The number of hydrogen-bond donors (Lipinski definition) is 1. The number of anilines is 1. The maximum atomic E-state index is 13.3. The first-order chi connectivity index (χ1) is 17.7. The van der Waals surface area contributed by atoms with Gasteiger partial charge in [-0.15, -0.1) is 0 Å². The van der Waals surface area contributed by atoms with Crippen LogP contribution in [0.25, 0.3) is 6.08 Å². The van der Waals surface area contributed by atoms with Gasteiger partial charge in [0.15, 0.2) is 11.5 Å². The van der Waals surface area contributed by atoms with Crippen LogP contribution in [0, 0.1) is 6.92 Å². The van der Waals surface area contributed by atoms with E-state index >= 15 is 0 Å². The summed E-state index contributed by atoms with van der Waals surface area (Å²) in [4.78, 5) is 39.5. The van der Waals surface area contributed by atoms with Gasteiger partial charge in [-0.25, -0.2) is 9.69 Å². The van der Waals surface area contributed by atoms with Crippen LogP contribution in [0.1, 0.15) is 23.6 Å². The summed E-state index contributed by atoms with van der Waals surface area (Å²) in [5.41, 5.74) is 2.20. The van der Waals surface area contributed by atoms with Crippen LogP contribution >= 0.6 is 43.5 Å². The van der Waals surface area contributed by atoms with Crippen LogP contribution in [0.4, 0.5) is 10.5 Å². The molecule has 4 rings (SSSR count). The third-order valence-electron chi connectivity index (χ3n) is 5.44. The lowest BCUT2D eigenvalue weighted by molar-refractivity contribution is -0.122. The highest BCUT2D eigenvalue weighted by molar-refractivity contribution is 9.10. The first kappa shape index (κ1) is 26.9. The molecule has 37 heavy (non-hydrogen) atoms. The zero-order chi connectivity index (χ0) is 26.7. The lowest BCUT2D eigenvalue weighted by Gasteiger charge is -2.27. The lowest BCUT2D eigenvalue weighted by Crippen LogP contribution is -2.54. The van der Waals surface area contributed by atoms with Gasteiger partial charge in [0.1, 0.15) is 12.2 Å². The van der Waals surface area contributed by atoms with E-state index in [9.17, 15) is 14.4 Å². The number of benzene rings is 3. The minimum Gasteiger partial charge on any atom is -0.490 e. The summed E-state index contributed by atoms with van der Waals surface area (Å²) in [5.74, 6) is -0.843. The Balaban J connectivity index is 1.67. The largest absolute Gasteiger partial charge is 0.490 e. The summed E-state index contributed by atoms with van der Waals surface area (Å²) >= 11 is 13.3. The third kappa shape index (κ3) is 6.06. The molecule has 10 heteroatoms. The van der Waals surface area contributed by atoms with Crippen molar-refractivity contribution >= 4 is 73.1 Å². The normalized spacial score (nSPS) is 14.7. The average molecular weight is 649 g/mol. The number of aryl methyl sites for hydroxylation is 1. The van der Waals surface area contributed by atoms with Crippen molar-refractivity contribution in [2.75, 3.05) is 11.5 Å². The molecule has 190 valence electrons. The fraction of sp³-hybridized carbons (Fsp3) is 0.148. The number of carbonyl (C=O) groups is 3. The van der Waals surface area contributed by atoms with Crippen LogP contribution in [0.2, 0.25) is 5.02 Å². The molecule has 0 aliphatic carbocycles. The molecule has 1 fully saturated rings. The molecule has 1 aliphatic heterocycles. The van der Waals surface area contributed by atoms with E-state index in [0.717, 1.165) is 19.4 Å². The number of hydrogen-bond acceptors (Lipinski definition) is 5. The Morgan fingerprint density at radius 3 is 2.35 bits per heavy atom. The Kier molecular flexibility index (Phi) is 8.36. The van der Waals surface area contributed by atoms with Crippen molar-refractivity contribution in [2.24, 2.45) is 0 Å². The third-order valence-corrected chi connectivity index (χ3v) is 6.74. The zero-order valence-electron chi connectivity index (χ0n) is 19.8. The summed E-state index contributed by atoms with van der Waals surface area (Å²) in [7, 11) is 0. The Hall–Kier alpha value is -3.14. The van der Waals surface area contributed by atoms with Gasteiger partial charge in [-0.1, -0.05) is 55.6 Å². The summed E-state index contributed by atoms with van der Waals surface area (Å²) in [5, 5.41) is 2.48. The molecule has 0 radical (unpaired) electrons. The molecular weight excluding hydrogens is 628 g/mol. The average Bonchev–Trinajstić information content (AvgIpc) is 2.84. The molecule has 3 aromatic rings. The van der Waals surface area contributed by atoms with Gasteiger partial charge in [0.2, 0.25) is 0 Å². The number of imide groups is 2. The van der Waals surface area contributed by atoms with E-state index in [1.807, 2.05) is 31.2 Å². The molecule has 1 saturated heterocycles. The van der Waals surface area contributed by atoms with E-state index in [0.29, 0.717) is 34.9 Å². The van der Waals surface area contributed by atoms with Gasteiger partial charge < -0.3 is 9.47 Å². The number of amides is 4. The lowest BCUT2D eigenvalue weighted by atomic mass is 10.1. The number of barbiturate groups is 1. The van der Waals surface area contributed by atoms with Crippen molar-refractivity contribution in [2.45, 2.75) is 20.5 Å². The summed E-state index contributed by atoms with van der Waals surface area (Å²) < 4.78 is 13.4. The van der Waals surface area contributed by atoms with Crippen LogP contribution in [0.15, 0.2) is 69.1 Å². The molecule has 1 N–H and O–H groups in total. The first-order valence-corrected chi connectivity index (χ1v) is 13.2. The molecular formula is C27H21Br2ClN2O5. The quantitative estimate of drug-likeness (QED) is 0.225. The van der Waals surface area contributed by atoms with Crippen molar-refractivity contribution in [3.63, 3.8) is 0 Å². The van der Waals surface area contributed by atoms with Gasteiger partial charge in [0, 0.05) is 8.95 Å². The smallest absolute Gasteiger partial charge is 0.335 e. The van der Waals surface area contributed by atoms with Crippen molar-refractivity contribution in [3.05, 3.63) is 90.8 Å². The number of ether oxygens (including phenoxy) is 2. The van der Waals surface area contributed by atoms with E-state index < -0.39 is 17.8 Å². The Bertz CT molecular complexity index is 1420. The van der Waals surface area contributed by atoms with Gasteiger partial charge in [-0.05, 0) is 79.1 Å². The van der Waals surface area contributed by atoms with Crippen LogP contribution in [0.3, 0.4) is 0 Å². The highest BCUT2D eigenvalue weighted by Gasteiger charge is 2.37. The van der Waals surface area contributed by atoms with E-state index in [1.165, 1.54) is 6.08 Å². The van der Waals surface area contributed by atoms with Crippen LogP contribution in [0.5, 0.6) is 11.5 Å². The SMILES string of the molecule is CCOc1cc(/C=C2/C(=O)NC(=O)N(c3ccc(Br)cc3C)C2=O)cc(Cl)c1OCc1ccc(Br)cc1. The van der Waals surface area contributed by atoms with Crippen LogP contribution in [-0.4, -0.2) is 24.5 Å². The number of nitrogens with zero attached hydrogens (tertiary/aromatic N) is 1. The molecule has 1 heterocycles. The summed E-state index contributed by atoms with van der Waals surface area (Å²) in [6, 6.07) is 15.2. The van der Waals surface area contributed by atoms with Crippen molar-refractivity contribution in [1.29, 1.82) is 0 Å². The van der Waals surface area contributed by atoms with Gasteiger partial charge in [-0.3, -0.25) is 14.9 Å². The molecule has 1 aliphatic rings. The maximum Gasteiger partial charge on any atom is 0.335 e. The molecule has 4 amide bonds. The van der Waals surface area contributed by atoms with Crippen LogP contribution in [-0.2, 0) is 16.2 Å². The summed E-state index contributed by atoms with van der Waals surface area (Å²) in [6.45, 7) is 4.19. The minimum atomic E-state index is -0.817. The van der Waals surface area contributed by atoms with Gasteiger partial charge in [-0.2, -0.15) is 0 Å². The number of carbonyl (C=O) groups excluding carboxylic acids is 3. The van der Waals surface area contributed by atoms with Crippen molar-refractivity contribution in [3.8, 4) is 11.5 Å². The highest BCUT2D eigenvalue weighted by Crippen LogP contribution is 2.38. The van der Waals surface area contributed by atoms with E-state index in [4.69, 9.17) is 21.1 Å². The minimum absolute atomic E-state index is 0.219. The molecule has 0 bridgehead atoms. The second-order valence-electron chi connectivity index (χ2n) is 8.07. The first-order valence-electron chi connectivity index (χ1n) is 11.2. The highest BCUT2D eigenvalue weighted by atomic mass is 79.9. The monoisotopic (exact) mass is 646 g/mol. The fourth-order valence-corrected chi connectivity index (χ4v) is 4.74. The Morgan fingerprint density at radius 2 is 1.68 bits per heavy atom. The van der Waals surface area contributed by atoms with Crippen molar-refractivity contribution in [1.82, 2.24) is 5.32 Å². The second-order valence-corrected chi connectivity index (χ2v) is 10.3. The van der Waals surface area contributed by atoms with E-state index in [1.54, 1.807) is 37.3 Å². The number of halogens is 3. The molecule has 0 unspecified atom stereocenters. The predicted molar refractivity (Wildman–Crippen MR) is 149 cm³/mol. The second kappa shape index (κ2) is 11.5. The van der Waals surface area contributed by atoms with E-state index in [-0.39, 0.29) is 17.2 Å². The molecule has 0 saturated carbocycles. The van der Waals surface area contributed by atoms with Gasteiger partial charge in [0.25, 0.3) is 11.8 Å². The Labute approximate surface area is 235 Å². The summed E-state index contributed by atoms with van der Waals surface area (Å²) in [6.07, 6.45) is 1.37.